The second-order valence-corrected chi connectivity index (χ2v) is 4.39. The van der Waals surface area contributed by atoms with E-state index in [1.807, 2.05) is 0 Å². The maximum Gasteiger partial charge on any atom is 0.238 e. The van der Waals surface area contributed by atoms with Gasteiger partial charge in [-0.2, -0.15) is 5.26 Å². The lowest BCUT2D eigenvalue weighted by Gasteiger charge is -2.34. The summed E-state index contributed by atoms with van der Waals surface area (Å²) in [5.74, 6) is 0.643. The number of rotatable bonds is 4. The molecule has 1 saturated heterocycles. The van der Waals surface area contributed by atoms with E-state index in [2.05, 4.69) is 30.1 Å². The van der Waals surface area contributed by atoms with Crippen LogP contribution in [0, 0.1) is 17.2 Å². The Hall–Kier alpha value is -1.08. The zero-order valence-corrected chi connectivity index (χ0v) is 9.49. The van der Waals surface area contributed by atoms with Crippen LogP contribution in [0.2, 0.25) is 0 Å². The number of piperazine rings is 1. The molecule has 0 saturated carbocycles. The van der Waals surface area contributed by atoms with Gasteiger partial charge in [0.05, 0.1) is 12.5 Å². The number of hydrogen-bond acceptors (Lipinski definition) is 3. The molecule has 1 atom stereocenters. The molecule has 0 aromatic heterocycles. The summed E-state index contributed by atoms with van der Waals surface area (Å²) in [6.45, 7) is 6.83. The molecule has 84 valence electrons. The number of nitrogens with one attached hydrogen (secondary N) is 1. The SMILES string of the molecule is CC(C)CCN1CCNC(=O)C1CC#N. The first-order chi connectivity index (χ1) is 7.15. The summed E-state index contributed by atoms with van der Waals surface area (Å²) in [4.78, 5) is 13.7. The fraction of sp³-hybridized carbons (Fsp3) is 0.818. The lowest BCUT2D eigenvalue weighted by molar-refractivity contribution is -0.128. The molecule has 1 rings (SSSR count). The topological polar surface area (TPSA) is 56.1 Å². The Morgan fingerprint density at radius 3 is 3.00 bits per heavy atom. The van der Waals surface area contributed by atoms with Crippen LogP contribution in [0.15, 0.2) is 0 Å². The molecule has 1 unspecified atom stereocenters. The van der Waals surface area contributed by atoms with Crippen molar-refractivity contribution >= 4 is 5.91 Å². The minimum atomic E-state index is -0.234. The Balaban J connectivity index is 2.51. The molecule has 0 aliphatic carbocycles. The van der Waals surface area contributed by atoms with Gasteiger partial charge in [-0.15, -0.1) is 0 Å². The van der Waals surface area contributed by atoms with Gasteiger partial charge in [-0.25, -0.2) is 0 Å². The summed E-state index contributed by atoms with van der Waals surface area (Å²) < 4.78 is 0. The zero-order valence-electron chi connectivity index (χ0n) is 9.49. The molecule has 1 fully saturated rings. The van der Waals surface area contributed by atoms with Crippen LogP contribution < -0.4 is 5.32 Å². The first-order valence-corrected chi connectivity index (χ1v) is 5.54. The van der Waals surface area contributed by atoms with Crippen LogP contribution in [0.25, 0.3) is 0 Å². The van der Waals surface area contributed by atoms with E-state index in [0.29, 0.717) is 18.9 Å². The number of hydrogen-bond donors (Lipinski definition) is 1. The van der Waals surface area contributed by atoms with Crippen molar-refractivity contribution in [1.29, 1.82) is 5.26 Å². The van der Waals surface area contributed by atoms with Crippen LogP contribution in [0.1, 0.15) is 26.7 Å². The largest absolute Gasteiger partial charge is 0.353 e. The van der Waals surface area contributed by atoms with Crippen LogP contribution in [-0.4, -0.2) is 36.5 Å². The summed E-state index contributed by atoms with van der Waals surface area (Å²) in [7, 11) is 0. The smallest absolute Gasteiger partial charge is 0.238 e. The summed E-state index contributed by atoms with van der Waals surface area (Å²) in [6.07, 6.45) is 1.37. The van der Waals surface area contributed by atoms with Gasteiger partial charge in [0.1, 0.15) is 6.04 Å². The van der Waals surface area contributed by atoms with Crippen molar-refractivity contribution in [3.63, 3.8) is 0 Å². The molecule has 1 heterocycles. The van der Waals surface area contributed by atoms with E-state index in [-0.39, 0.29) is 11.9 Å². The van der Waals surface area contributed by atoms with Gasteiger partial charge in [0.15, 0.2) is 0 Å². The number of nitrogens with zero attached hydrogens (tertiary/aromatic N) is 2. The van der Waals surface area contributed by atoms with Crippen molar-refractivity contribution in [2.24, 2.45) is 5.92 Å². The number of carbonyl (C=O) groups excluding carboxylic acids is 1. The minimum Gasteiger partial charge on any atom is -0.353 e. The highest BCUT2D eigenvalue weighted by Gasteiger charge is 2.28. The summed E-state index contributed by atoms with van der Waals surface area (Å²) in [6, 6.07) is 1.85. The van der Waals surface area contributed by atoms with Crippen LogP contribution in [0.3, 0.4) is 0 Å². The minimum absolute atomic E-state index is 0.00607. The fourth-order valence-corrected chi connectivity index (χ4v) is 1.76. The first kappa shape index (κ1) is 12.0. The third-order valence-corrected chi connectivity index (χ3v) is 2.72. The predicted octanol–water partition coefficient (Wildman–Crippen LogP) is 0.747. The van der Waals surface area contributed by atoms with E-state index in [0.717, 1.165) is 19.5 Å². The molecular weight excluding hydrogens is 190 g/mol. The highest BCUT2D eigenvalue weighted by atomic mass is 16.2. The Labute approximate surface area is 91.2 Å². The van der Waals surface area contributed by atoms with Crippen molar-refractivity contribution in [1.82, 2.24) is 10.2 Å². The summed E-state index contributed by atoms with van der Waals surface area (Å²) >= 11 is 0. The molecule has 15 heavy (non-hydrogen) atoms. The lowest BCUT2D eigenvalue weighted by Crippen LogP contribution is -2.55. The standard InChI is InChI=1S/C11H19N3O/c1-9(2)4-7-14-8-6-13-11(15)10(14)3-5-12/h9-10H,3-4,6-8H2,1-2H3,(H,13,15). The van der Waals surface area contributed by atoms with Gasteiger partial charge < -0.3 is 5.32 Å². The molecule has 4 heteroatoms. The Morgan fingerprint density at radius 2 is 2.40 bits per heavy atom. The molecule has 1 aliphatic rings. The molecule has 4 nitrogen and oxygen atoms in total. The average molecular weight is 209 g/mol. The van der Waals surface area contributed by atoms with Crippen molar-refractivity contribution in [2.45, 2.75) is 32.7 Å². The Morgan fingerprint density at radius 1 is 1.67 bits per heavy atom. The van der Waals surface area contributed by atoms with Gasteiger partial charge in [-0.05, 0) is 18.9 Å². The molecule has 1 aliphatic heterocycles. The second-order valence-electron chi connectivity index (χ2n) is 4.39. The van der Waals surface area contributed by atoms with Crippen molar-refractivity contribution in [3.05, 3.63) is 0 Å². The van der Waals surface area contributed by atoms with Crippen molar-refractivity contribution in [3.8, 4) is 6.07 Å². The summed E-state index contributed by atoms with van der Waals surface area (Å²) in [5, 5.41) is 11.5. The van der Waals surface area contributed by atoms with E-state index in [4.69, 9.17) is 5.26 Å². The molecule has 1 N–H and O–H groups in total. The summed E-state index contributed by atoms with van der Waals surface area (Å²) in [5.41, 5.74) is 0. The van der Waals surface area contributed by atoms with Gasteiger partial charge >= 0.3 is 0 Å². The molecular formula is C11H19N3O. The highest BCUT2D eigenvalue weighted by Crippen LogP contribution is 2.11. The molecule has 0 aromatic carbocycles. The normalized spacial score (nSPS) is 22.5. The maximum atomic E-state index is 11.5. The average Bonchev–Trinajstić information content (AvgIpc) is 2.19. The third-order valence-electron chi connectivity index (χ3n) is 2.72. The zero-order chi connectivity index (χ0) is 11.3. The lowest BCUT2D eigenvalue weighted by atomic mass is 10.1. The van der Waals surface area contributed by atoms with Crippen LogP contribution in [0.4, 0.5) is 0 Å². The third kappa shape index (κ3) is 3.52. The molecule has 1 amide bonds. The van der Waals surface area contributed by atoms with E-state index >= 15 is 0 Å². The van der Waals surface area contributed by atoms with Gasteiger partial charge in [0.2, 0.25) is 5.91 Å². The van der Waals surface area contributed by atoms with Crippen molar-refractivity contribution < 1.29 is 4.79 Å². The number of amides is 1. The van der Waals surface area contributed by atoms with Gasteiger partial charge in [0, 0.05) is 13.1 Å². The predicted molar refractivity (Wildman–Crippen MR) is 58.1 cm³/mol. The van der Waals surface area contributed by atoms with Gasteiger partial charge in [0.25, 0.3) is 0 Å². The fourth-order valence-electron chi connectivity index (χ4n) is 1.76. The Bertz CT molecular complexity index is 257. The number of carbonyl (C=O) groups is 1. The van der Waals surface area contributed by atoms with Gasteiger partial charge in [-0.3, -0.25) is 9.69 Å². The quantitative estimate of drug-likeness (QED) is 0.743. The molecule has 0 bridgehead atoms. The molecule has 0 spiro atoms. The first-order valence-electron chi connectivity index (χ1n) is 5.54. The Kier molecular flexibility index (Phi) is 4.57. The van der Waals surface area contributed by atoms with E-state index < -0.39 is 0 Å². The maximum absolute atomic E-state index is 11.5. The van der Waals surface area contributed by atoms with Crippen LogP contribution in [-0.2, 0) is 4.79 Å². The van der Waals surface area contributed by atoms with E-state index in [1.165, 1.54) is 0 Å². The van der Waals surface area contributed by atoms with Crippen molar-refractivity contribution in [2.75, 3.05) is 19.6 Å². The van der Waals surface area contributed by atoms with E-state index in [1.54, 1.807) is 0 Å². The molecule has 0 aromatic rings. The second kappa shape index (κ2) is 5.72. The van der Waals surface area contributed by atoms with Gasteiger partial charge in [-0.1, -0.05) is 13.8 Å². The van der Waals surface area contributed by atoms with Crippen LogP contribution >= 0.6 is 0 Å². The number of nitriles is 1. The van der Waals surface area contributed by atoms with Crippen LogP contribution in [0.5, 0.6) is 0 Å². The van der Waals surface area contributed by atoms with E-state index in [9.17, 15) is 4.79 Å². The molecule has 0 radical (unpaired) electrons. The monoisotopic (exact) mass is 209 g/mol. The highest BCUT2D eigenvalue weighted by molar-refractivity contribution is 5.82.